The molecule has 82 valence electrons. The molecule has 8 heteroatoms. The van der Waals surface area contributed by atoms with Gasteiger partial charge in [-0.05, 0) is 6.92 Å². The van der Waals surface area contributed by atoms with E-state index in [0.717, 1.165) is 16.2 Å². The van der Waals surface area contributed by atoms with Crippen molar-refractivity contribution in [2.75, 3.05) is 6.26 Å². The Kier molecular flexibility index (Phi) is 2.49. The van der Waals surface area contributed by atoms with Crippen LogP contribution in [0.1, 0.15) is 10.7 Å². The van der Waals surface area contributed by atoms with Gasteiger partial charge in [-0.1, -0.05) is 11.3 Å². The van der Waals surface area contributed by atoms with E-state index in [1.54, 1.807) is 10.7 Å². The van der Waals surface area contributed by atoms with Gasteiger partial charge in [0.15, 0.2) is 0 Å². The smallest absolute Gasteiger partial charge is 0.212 e. The molecule has 0 aliphatic heterocycles. The van der Waals surface area contributed by atoms with E-state index in [0.29, 0.717) is 5.69 Å². The van der Waals surface area contributed by atoms with Crippen LogP contribution in [0.3, 0.4) is 0 Å². The molecule has 0 aliphatic rings. The van der Waals surface area contributed by atoms with Crippen molar-refractivity contribution in [2.24, 2.45) is 0 Å². The molecule has 0 aromatic carbocycles. The van der Waals surface area contributed by atoms with E-state index in [1.165, 1.54) is 11.3 Å². The Bertz CT molecular complexity index is 552. The first kappa shape index (κ1) is 10.5. The SMILES string of the molecule is Cc1nn2cc(CNS(C)(=O)=O)nc2s1. The van der Waals surface area contributed by atoms with Crippen molar-refractivity contribution in [1.29, 1.82) is 0 Å². The normalized spacial score (nSPS) is 12.4. The van der Waals surface area contributed by atoms with Crippen molar-refractivity contribution in [3.63, 3.8) is 0 Å². The van der Waals surface area contributed by atoms with Crippen LogP contribution in [0.25, 0.3) is 4.96 Å². The maximum Gasteiger partial charge on any atom is 0.212 e. The molecule has 6 nitrogen and oxygen atoms in total. The second-order valence-electron chi connectivity index (χ2n) is 3.17. The van der Waals surface area contributed by atoms with Gasteiger partial charge in [0.05, 0.1) is 24.7 Å². The third-order valence-corrected chi connectivity index (χ3v) is 3.22. The van der Waals surface area contributed by atoms with Gasteiger partial charge in [-0.2, -0.15) is 5.10 Å². The molecular weight excluding hydrogens is 236 g/mol. The van der Waals surface area contributed by atoms with Gasteiger partial charge in [0.1, 0.15) is 5.01 Å². The Hall–Kier alpha value is -0.990. The van der Waals surface area contributed by atoms with Crippen molar-refractivity contribution in [3.8, 4) is 0 Å². The summed E-state index contributed by atoms with van der Waals surface area (Å²) in [6.07, 6.45) is 2.84. The second kappa shape index (κ2) is 3.54. The highest BCUT2D eigenvalue weighted by atomic mass is 32.2. The zero-order valence-electron chi connectivity index (χ0n) is 8.26. The molecule has 2 aromatic heterocycles. The molecule has 0 bridgehead atoms. The number of imidazole rings is 1. The Morgan fingerprint density at radius 3 is 2.93 bits per heavy atom. The van der Waals surface area contributed by atoms with Crippen LogP contribution >= 0.6 is 11.3 Å². The van der Waals surface area contributed by atoms with Gasteiger partial charge in [-0.3, -0.25) is 0 Å². The highest BCUT2D eigenvalue weighted by Crippen LogP contribution is 2.13. The maximum absolute atomic E-state index is 10.9. The lowest BCUT2D eigenvalue weighted by atomic mass is 10.5. The van der Waals surface area contributed by atoms with E-state index in [-0.39, 0.29) is 6.54 Å². The fourth-order valence-electron chi connectivity index (χ4n) is 1.13. The van der Waals surface area contributed by atoms with Gasteiger partial charge in [0.25, 0.3) is 0 Å². The van der Waals surface area contributed by atoms with Crippen LogP contribution in [0.4, 0.5) is 0 Å². The lowest BCUT2D eigenvalue weighted by Crippen LogP contribution is -2.21. The van der Waals surface area contributed by atoms with Crippen molar-refractivity contribution < 1.29 is 8.42 Å². The van der Waals surface area contributed by atoms with Gasteiger partial charge < -0.3 is 0 Å². The fourth-order valence-corrected chi connectivity index (χ4v) is 2.29. The van der Waals surface area contributed by atoms with E-state index in [2.05, 4.69) is 14.8 Å². The van der Waals surface area contributed by atoms with E-state index in [1.807, 2.05) is 6.92 Å². The topological polar surface area (TPSA) is 76.4 Å². The molecule has 0 saturated carbocycles. The molecule has 0 atom stereocenters. The maximum atomic E-state index is 10.9. The Morgan fingerprint density at radius 2 is 2.33 bits per heavy atom. The third-order valence-electron chi connectivity index (χ3n) is 1.71. The third kappa shape index (κ3) is 2.52. The molecule has 0 fully saturated rings. The summed E-state index contributed by atoms with van der Waals surface area (Å²) < 4.78 is 25.7. The minimum atomic E-state index is -3.17. The quantitative estimate of drug-likeness (QED) is 0.836. The van der Waals surface area contributed by atoms with Crippen LogP contribution in [0, 0.1) is 6.92 Å². The standard InChI is InChI=1S/C7H10N4O2S2/c1-5-10-11-4-6(9-7(11)14-5)3-8-15(2,12)13/h4,8H,3H2,1-2H3. The predicted molar refractivity (Wildman–Crippen MR) is 57.3 cm³/mol. The van der Waals surface area contributed by atoms with Crippen LogP contribution in [-0.2, 0) is 16.6 Å². The number of fused-ring (bicyclic) bond motifs is 1. The number of hydrogen-bond acceptors (Lipinski definition) is 5. The first-order chi connectivity index (χ1) is 6.94. The Labute approximate surface area is 91.0 Å². The minimum Gasteiger partial charge on any atom is -0.221 e. The lowest BCUT2D eigenvalue weighted by Gasteiger charge is -1.96. The van der Waals surface area contributed by atoms with E-state index >= 15 is 0 Å². The summed E-state index contributed by atoms with van der Waals surface area (Å²) in [5.41, 5.74) is 0.666. The summed E-state index contributed by atoms with van der Waals surface area (Å²) in [5, 5.41) is 5.10. The van der Waals surface area contributed by atoms with Crippen LogP contribution in [0.15, 0.2) is 6.20 Å². The summed E-state index contributed by atoms with van der Waals surface area (Å²) in [6.45, 7) is 2.10. The number of aromatic nitrogens is 3. The Morgan fingerprint density at radius 1 is 1.60 bits per heavy atom. The van der Waals surface area contributed by atoms with E-state index < -0.39 is 10.0 Å². The molecule has 0 aliphatic carbocycles. The van der Waals surface area contributed by atoms with Gasteiger partial charge in [0.2, 0.25) is 15.0 Å². The average molecular weight is 246 g/mol. The molecule has 2 aromatic rings. The lowest BCUT2D eigenvalue weighted by molar-refractivity contribution is 0.587. The zero-order chi connectivity index (χ0) is 11.1. The van der Waals surface area contributed by atoms with Crippen molar-refractivity contribution in [1.82, 2.24) is 19.3 Å². The van der Waals surface area contributed by atoms with Crippen LogP contribution in [0.2, 0.25) is 0 Å². The number of nitrogens with zero attached hydrogens (tertiary/aromatic N) is 3. The molecule has 2 heterocycles. The van der Waals surface area contributed by atoms with E-state index in [4.69, 9.17) is 0 Å². The number of hydrogen-bond donors (Lipinski definition) is 1. The largest absolute Gasteiger partial charge is 0.221 e. The number of aryl methyl sites for hydroxylation is 1. The highest BCUT2D eigenvalue weighted by Gasteiger charge is 2.07. The van der Waals surface area contributed by atoms with Gasteiger partial charge in [-0.25, -0.2) is 22.6 Å². The summed E-state index contributed by atoms with van der Waals surface area (Å²) in [4.78, 5) is 5.00. The summed E-state index contributed by atoms with van der Waals surface area (Å²) >= 11 is 1.47. The molecular formula is C7H10N4O2S2. The first-order valence-corrected chi connectivity index (χ1v) is 6.91. The van der Waals surface area contributed by atoms with E-state index in [9.17, 15) is 8.42 Å². The van der Waals surface area contributed by atoms with Crippen LogP contribution in [0.5, 0.6) is 0 Å². The molecule has 2 rings (SSSR count). The molecule has 0 amide bonds. The van der Waals surface area contributed by atoms with Crippen LogP contribution in [-0.4, -0.2) is 29.3 Å². The number of rotatable bonds is 3. The minimum absolute atomic E-state index is 0.202. The predicted octanol–water partition coefficient (Wildman–Crippen LogP) is 0.148. The fraction of sp³-hybridized carbons (Fsp3) is 0.429. The molecule has 0 radical (unpaired) electrons. The van der Waals surface area contributed by atoms with Gasteiger partial charge in [0, 0.05) is 0 Å². The van der Waals surface area contributed by atoms with Gasteiger partial charge in [-0.15, -0.1) is 0 Å². The number of sulfonamides is 1. The van der Waals surface area contributed by atoms with Gasteiger partial charge >= 0.3 is 0 Å². The summed E-state index contributed by atoms with van der Waals surface area (Å²) in [7, 11) is -3.17. The molecule has 0 unspecified atom stereocenters. The monoisotopic (exact) mass is 246 g/mol. The molecule has 0 spiro atoms. The van der Waals surface area contributed by atoms with Crippen molar-refractivity contribution >= 4 is 26.3 Å². The molecule has 15 heavy (non-hydrogen) atoms. The molecule has 0 saturated heterocycles. The highest BCUT2D eigenvalue weighted by molar-refractivity contribution is 7.88. The average Bonchev–Trinajstić information content (AvgIpc) is 2.55. The molecule has 1 N–H and O–H groups in total. The summed E-state index contributed by atoms with van der Waals surface area (Å²) in [6, 6.07) is 0. The number of nitrogens with one attached hydrogen (secondary N) is 1. The first-order valence-electron chi connectivity index (χ1n) is 4.20. The Balaban J connectivity index is 2.19. The van der Waals surface area contributed by atoms with Crippen molar-refractivity contribution in [2.45, 2.75) is 13.5 Å². The van der Waals surface area contributed by atoms with Crippen molar-refractivity contribution in [3.05, 3.63) is 16.9 Å². The zero-order valence-corrected chi connectivity index (χ0v) is 9.89. The van der Waals surface area contributed by atoms with Crippen LogP contribution < -0.4 is 4.72 Å². The summed E-state index contributed by atoms with van der Waals surface area (Å²) in [5.74, 6) is 0. The second-order valence-corrected chi connectivity index (χ2v) is 6.17.